The number of hydrogen-bond donors (Lipinski definition) is 0. The molecule has 7 nitrogen and oxygen atoms in total. The van der Waals surface area contributed by atoms with Crippen LogP contribution >= 0.6 is 35.0 Å². The Balaban J connectivity index is 1.37. The maximum Gasteiger partial charge on any atom is 0.189 e. The third-order valence-electron chi connectivity index (χ3n) is 7.53. The molecule has 0 saturated heterocycles. The summed E-state index contributed by atoms with van der Waals surface area (Å²) < 4.78 is 8.77. The summed E-state index contributed by atoms with van der Waals surface area (Å²) in [6.45, 7) is 3.60. The lowest BCUT2D eigenvalue weighted by molar-refractivity contribution is -0.0730. The first-order valence-electron chi connectivity index (χ1n) is 12.4. The highest BCUT2D eigenvalue weighted by molar-refractivity contribution is 7.98. The van der Waals surface area contributed by atoms with E-state index in [0.717, 1.165) is 89.0 Å². The second-order valence-corrected chi connectivity index (χ2v) is 11.7. The maximum atomic E-state index is 6.85. The van der Waals surface area contributed by atoms with E-state index in [0.29, 0.717) is 13.2 Å². The lowest BCUT2D eigenvalue weighted by Gasteiger charge is -2.37. The van der Waals surface area contributed by atoms with E-state index < -0.39 is 0 Å². The zero-order chi connectivity index (χ0) is 25.0. The lowest BCUT2D eigenvalue weighted by Crippen LogP contribution is -2.36. The van der Waals surface area contributed by atoms with Crippen LogP contribution in [0.1, 0.15) is 46.6 Å². The first-order valence-corrected chi connectivity index (χ1v) is 14.4. The fourth-order valence-electron chi connectivity index (χ4n) is 5.83. The summed E-state index contributed by atoms with van der Waals surface area (Å²) >= 11 is 15.0. The summed E-state index contributed by atoms with van der Waals surface area (Å²) in [7, 11) is 4.07. The fraction of sp³-hybridized carbons (Fsp3) is 0.500. The summed E-state index contributed by atoms with van der Waals surface area (Å²) in [5.74, 6) is 0.961. The van der Waals surface area contributed by atoms with Crippen molar-refractivity contribution in [1.82, 2.24) is 24.6 Å². The quantitative estimate of drug-likeness (QED) is 0.335. The van der Waals surface area contributed by atoms with Crippen LogP contribution in [-0.2, 0) is 49.4 Å². The van der Waals surface area contributed by atoms with Gasteiger partial charge in [-0.15, -0.1) is 0 Å². The van der Waals surface area contributed by atoms with Gasteiger partial charge in [0.15, 0.2) is 5.16 Å². The van der Waals surface area contributed by atoms with Gasteiger partial charge >= 0.3 is 0 Å². The largest absolute Gasteiger partial charge is 0.365 e. The van der Waals surface area contributed by atoms with E-state index in [4.69, 9.17) is 43.0 Å². The fourth-order valence-corrected chi connectivity index (χ4v) is 6.73. The molecule has 36 heavy (non-hydrogen) atoms. The number of benzene rings is 1. The Morgan fingerprint density at radius 3 is 2.83 bits per heavy atom. The molecule has 0 N–H and O–H groups in total. The molecule has 1 atom stereocenters. The molecule has 2 aliphatic heterocycles. The van der Waals surface area contributed by atoms with Gasteiger partial charge in [0.2, 0.25) is 0 Å². The topological polar surface area (TPSA) is 59.3 Å². The standard InChI is InChI=1S/C26H30Cl2N6OS/c1-32(2)13-21-23(28)22-14-33(10-5-11-34(22)31-21)24-17-15-35-26(12-20(17)29-25(30-24)36-3)9-8-16-18(26)6-4-7-19(16)27/h4,6-7H,5,8-15H2,1-3H3/t26-/m0/s1. The molecule has 190 valence electrons. The van der Waals surface area contributed by atoms with Gasteiger partial charge in [-0.05, 0) is 56.8 Å². The van der Waals surface area contributed by atoms with Crippen LogP contribution < -0.4 is 4.90 Å². The molecule has 4 heterocycles. The normalized spacial score (nSPS) is 21.0. The molecule has 1 spiro atoms. The zero-order valence-corrected chi connectivity index (χ0v) is 23.2. The number of ether oxygens (including phenoxy) is 1. The monoisotopic (exact) mass is 544 g/mol. The molecule has 0 radical (unpaired) electrons. The van der Waals surface area contributed by atoms with Gasteiger partial charge in [0.05, 0.1) is 40.9 Å². The number of anilines is 1. The number of thioether (sulfide) groups is 1. The van der Waals surface area contributed by atoms with Crippen LogP contribution in [0, 0.1) is 0 Å². The van der Waals surface area contributed by atoms with Crippen molar-refractivity contribution in [2.45, 2.75) is 62.7 Å². The predicted octanol–water partition coefficient (Wildman–Crippen LogP) is 5.09. The molecule has 3 aromatic rings. The van der Waals surface area contributed by atoms with Gasteiger partial charge in [0, 0.05) is 36.6 Å². The second kappa shape index (κ2) is 9.48. The number of hydrogen-bond acceptors (Lipinski definition) is 7. The minimum Gasteiger partial charge on any atom is -0.365 e. The molecule has 2 aromatic heterocycles. The highest BCUT2D eigenvalue weighted by atomic mass is 35.5. The SMILES string of the molecule is CSc1nc2c(c(N3CCCn4nc(CN(C)C)c(Cl)c4C3)n1)CO[C@@]1(CCc3c(Cl)cccc31)C2. The van der Waals surface area contributed by atoms with E-state index in [1.54, 1.807) is 11.8 Å². The van der Waals surface area contributed by atoms with Crippen molar-refractivity contribution in [2.75, 3.05) is 31.8 Å². The molecule has 10 heteroatoms. The van der Waals surface area contributed by atoms with Crippen molar-refractivity contribution in [3.8, 4) is 0 Å². The molecule has 0 saturated carbocycles. The van der Waals surface area contributed by atoms with Crippen LogP contribution in [0.15, 0.2) is 23.4 Å². The maximum absolute atomic E-state index is 6.85. The zero-order valence-electron chi connectivity index (χ0n) is 20.9. The number of aryl methyl sites for hydroxylation is 1. The van der Waals surface area contributed by atoms with Crippen LogP contribution in [0.3, 0.4) is 0 Å². The molecule has 1 aliphatic carbocycles. The van der Waals surface area contributed by atoms with Gasteiger partial charge in [-0.25, -0.2) is 9.97 Å². The second-order valence-electron chi connectivity index (χ2n) is 10.1. The third-order valence-corrected chi connectivity index (χ3v) is 8.87. The molecule has 6 rings (SSSR count). The van der Waals surface area contributed by atoms with Crippen molar-refractivity contribution in [2.24, 2.45) is 0 Å². The highest BCUT2D eigenvalue weighted by Crippen LogP contribution is 2.48. The Morgan fingerprint density at radius 2 is 2.03 bits per heavy atom. The van der Waals surface area contributed by atoms with E-state index in [-0.39, 0.29) is 5.60 Å². The third kappa shape index (κ3) is 4.11. The van der Waals surface area contributed by atoms with Gasteiger partial charge in [-0.2, -0.15) is 5.10 Å². The van der Waals surface area contributed by atoms with Gasteiger partial charge in [0.25, 0.3) is 0 Å². The summed E-state index contributed by atoms with van der Waals surface area (Å²) in [5.41, 5.74) is 6.22. The van der Waals surface area contributed by atoms with Gasteiger partial charge in [0.1, 0.15) is 5.82 Å². The van der Waals surface area contributed by atoms with Crippen LogP contribution in [0.25, 0.3) is 0 Å². The van der Waals surface area contributed by atoms with Gasteiger partial charge < -0.3 is 14.5 Å². The van der Waals surface area contributed by atoms with Crippen LogP contribution in [-0.4, -0.2) is 51.5 Å². The predicted molar refractivity (Wildman–Crippen MR) is 144 cm³/mol. The molecule has 0 fully saturated rings. The van der Waals surface area contributed by atoms with E-state index >= 15 is 0 Å². The highest BCUT2D eigenvalue weighted by Gasteiger charge is 2.45. The number of aromatic nitrogens is 4. The lowest BCUT2D eigenvalue weighted by atomic mass is 9.87. The Bertz CT molecular complexity index is 1330. The van der Waals surface area contributed by atoms with Crippen molar-refractivity contribution < 1.29 is 4.74 Å². The van der Waals surface area contributed by atoms with E-state index in [2.05, 4.69) is 20.5 Å². The Kier molecular flexibility index (Phi) is 6.45. The molecule has 0 unspecified atom stereocenters. The average molecular weight is 546 g/mol. The number of fused-ring (bicyclic) bond motifs is 4. The average Bonchev–Trinajstić information content (AvgIpc) is 3.26. The van der Waals surface area contributed by atoms with Gasteiger partial charge in [-0.3, -0.25) is 4.68 Å². The molecular weight excluding hydrogens is 515 g/mol. The Hall–Kier alpha value is -1.84. The number of rotatable bonds is 4. The van der Waals surface area contributed by atoms with Crippen molar-refractivity contribution in [3.63, 3.8) is 0 Å². The van der Waals surface area contributed by atoms with Gasteiger partial charge in [-0.1, -0.05) is 47.1 Å². The molecule has 0 bridgehead atoms. The summed E-state index contributed by atoms with van der Waals surface area (Å²) in [4.78, 5) is 14.4. The first-order chi connectivity index (χ1) is 17.4. The minimum absolute atomic E-state index is 0.365. The Morgan fingerprint density at radius 1 is 1.17 bits per heavy atom. The number of nitrogens with zero attached hydrogens (tertiary/aromatic N) is 6. The van der Waals surface area contributed by atoms with E-state index in [1.807, 2.05) is 32.5 Å². The molecule has 3 aliphatic rings. The van der Waals surface area contributed by atoms with Crippen molar-refractivity contribution in [1.29, 1.82) is 0 Å². The van der Waals surface area contributed by atoms with E-state index in [9.17, 15) is 0 Å². The summed E-state index contributed by atoms with van der Waals surface area (Å²) in [6.07, 6.45) is 5.59. The summed E-state index contributed by atoms with van der Waals surface area (Å²) in [6, 6.07) is 6.17. The van der Waals surface area contributed by atoms with Crippen LogP contribution in [0.4, 0.5) is 5.82 Å². The van der Waals surface area contributed by atoms with Crippen LogP contribution in [0.5, 0.6) is 0 Å². The number of halogens is 2. The van der Waals surface area contributed by atoms with Crippen LogP contribution in [0.2, 0.25) is 10.0 Å². The molecule has 0 amide bonds. The Labute approximate surface area is 226 Å². The first kappa shape index (κ1) is 24.5. The smallest absolute Gasteiger partial charge is 0.189 e. The van der Waals surface area contributed by atoms with Crippen molar-refractivity contribution >= 4 is 40.8 Å². The minimum atomic E-state index is -0.365. The summed E-state index contributed by atoms with van der Waals surface area (Å²) in [5, 5.41) is 7.21. The molecule has 1 aromatic carbocycles. The van der Waals surface area contributed by atoms with E-state index in [1.165, 1.54) is 11.1 Å². The molecular formula is C26H30Cl2N6OS. The van der Waals surface area contributed by atoms with Crippen molar-refractivity contribution in [3.05, 3.63) is 62.0 Å².